The highest BCUT2D eigenvalue weighted by Gasteiger charge is 1.95. The van der Waals surface area contributed by atoms with Gasteiger partial charge in [-0.1, -0.05) is 59.8 Å². The first-order chi connectivity index (χ1) is 8.47. The summed E-state index contributed by atoms with van der Waals surface area (Å²) in [4.78, 5) is 10.8. The van der Waals surface area contributed by atoms with Crippen molar-refractivity contribution in [1.29, 1.82) is 0 Å². The van der Waals surface area contributed by atoms with E-state index in [9.17, 15) is 4.79 Å². The molecule has 0 aromatic carbocycles. The van der Waals surface area contributed by atoms with Gasteiger partial charge in [0, 0.05) is 12.6 Å². The molecule has 0 heterocycles. The second kappa shape index (κ2) is 15.7. The van der Waals surface area contributed by atoms with Crippen LogP contribution in [-0.2, 0) is 4.79 Å². The Morgan fingerprint density at radius 2 is 1.50 bits per heavy atom. The fourth-order valence-corrected chi connectivity index (χ4v) is 0.778. The highest BCUT2D eigenvalue weighted by molar-refractivity contribution is 5.75. The van der Waals surface area contributed by atoms with Crippen molar-refractivity contribution in [3.05, 3.63) is 36.1 Å². The smallest absolute Gasteiger partial charge is 0.221 e. The van der Waals surface area contributed by atoms with Crippen molar-refractivity contribution in [3.8, 4) is 0 Å². The Kier molecular flexibility index (Phi) is 19.1. The Bertz CT molecular complexity index is 273. The lowest BCUT2D eigenvalue weighted by molar-refractivity contribution is -0.118. The molecule has 0 spiro atoms. The van der Waals surface area contributed by atoms with Crippen molar-refractivity contribution < 1.29 is 4.79 Å². The predicted molar refractivity (Wildman–Crippen MR) is 83.4 cm³/mol. The van der Waals surface area contributed by atoms with Gasteiger partial charge in [-0.3, -0.25) is 4.79 Å². The lowest BCUT2D eigenvalue weighted by Crippen LogP contribution is -2.17. The second-order valence-corrected chi connectivity index (χ2v) is 3.57. The molecule has 0 saturated carbocycles. The van der Waals surface area contributed by atoms with Crippen LogP contribution in [-0.4, -0.2) is 5.91 Å². The zero-order valence-corrected chi connectivity index (χ0v) is 13.4. The van der Waals surface area contributed by atoms with E-state index >= 15 is 0 Å². The molecule has 0 atom stereocenters. The summed E-state index contributed by atoms with van der Waals surface area (Å²) < 4.78 is 0. The molecule has 1 amide bonds. The Hall–Kier alpha value is -1.31. The first kappa shape index (κ1) is 21.9. The van der Waals surface area contributed by atoms with Gasteiger partial charge in [0.2, 0.25) is 5.91 Å². The van der Waals surface area contributed by atoms with Gasteiger partial charge < -0.3 is 5.32 Å². The molecule has 1 N–H and O–H groups in total. The second-order valence-electron chi connectivity index (χ2n) is 3.57. The number of amides is 1. The molecule has 0 aliphatic rings. The topological polar surface area (TPSA) is 29.1 Å². The van der Waals surface area contributed by atoms with Crippen LogP contribution in [0.1, 0.15) is 55.4 Å². The summed E-state index contributed by atoms with van der Waals surface area (Å²) >= 11 is 0. The minimum atomic E-state index is -0.0771. The zero-order chi connectivity index (χ0) is 15.1. The van der Waals surface area contributed by atoms with Gasteiger partial charge in [0.15, 0.2) is 0 Å². The summed E-state index contributed by atoms with van der Waals surface area (Å²) in [5.74, 6) is 0.446. The van der Waals surface area contributed by atoms with Crippen molar-refractivity contribution in [2.45, 2.75) is 55.4 Å². The Balaban J connectivity index is -0.000000506. The van der Waals surface area contributed by atoms with E-state index in [0.717, 1.165) is 5.70 Å². The largest absolute Gasteiger partial charge is 0.326 e. The molecule has 106 valence electrons. The highest BCUT2D eigenvalue weighted by atomic mass is 16.1. The van der Waals surface area contributed by atoms with Gasteiger partial charge >= 0.3 is 0 Å². The maximum absolute atomic E-state index is 10.8. The minimum Gasteiger partial charge on any atom is -0.326 e. The first-order valence-corrected chi connectivity index (χ1v) is 6.76. The normalized spacial score (nSPS) is 10.7. The molecule has 2 nitrogen and oxygen atoms in total. The van der Waals surface area contributed by atoms with E-state index in [2.05, 4.69) is 32.7 Å². The quantitative estimate of drug-likeness (QED) is 0.713. The van der Waals surface area contributed by atoms with Crippen LogP contribution in [0.15, 0.2) is 36.1 Å². The number of carbonyl (C=O) groups excluding carboxylic acids is 1. The molecule has 0 rings (SSSR count). The molecule has 0 fully saturated rings. The maximum atomic E-state index is 10.8. The van der Waals surface area contributed by atoms with E-state index in [4.69, 9.17) is 0 Å². The van der Waals surface area contributed by atoms with Crippen molar-refractivity contribution in [1.82, 2.24) is 5.32 Å². The van der Waals surface area contributed by atoms with E-state index in [1.165, 1.54) is 12.5 Å². The van der Waals surface area contributed by atoms with Gasteiger partial charge in [0.1, 0.15) is 0 Å². The molecule has 0 aromatic rings. The van der Waals surface area contributed by atoms with Gasteiger partial charge in [0.05, 0.1) is 0 Å². The summed E-state index contributed by atoms with van der Waals surface area (Å²) in [5, 5.41) is 2.68. The molecule has 0 aromatic heterocycles. The molecule has 0 radical (unpaired) electrons. The number of nitrogens with one attached hydrogen (secondary N) is 1. The van der Waals surface area contributed by atoms with Crippen LogP contribution in [0, 0.1) is 5.92 Å². The number of carbonyl (C=O) groups is 1. The first-order valence-electron chi connectivity index (χ1n) is 6.76. The SMILES string of the molecule is C=C/C(=C\C=C(/C)C(C)C)NC(C)=O.CC.CC. The molecular formula is C16H31NO. The predicted octanol–water partition coefficient (Wildman–Crippen LogP) is 4.85. The fraction of sp³-hybridized carbons (Fsp3) is 0.562. The number of hydrogen-bond donors (Lipinski definition) is 1. The Morgan fingerprint density at radius 1 is 1.06 bits per heavy atom. The fourth-order valence-electron chi connectivity index (χ4n) is 0.778. The van der Waals surface area contributed by atoms with E-state index < -0.39 is 0 Å². The average Bonchev–Trinajstić information content (AvgIpc) is 2.38. The van der Waals surface area contributed by atoms with Crippen LogP contribution >= 0.6 is 0 Å². The minimum absolute atomic E-state index is 0.0771. The molecule has 2 heteroatoms. The van der Waals surface area contributed by atoms with Crippen LogP contribution in [0.3, 0.4) is 0 Å². The Morgan fingerprint density at radius 3 is 1.78 bits per heavy atom. The van der Waals surface area contributed by atoms with Gasteiger partial charge in [-0.15, -0.1) is 0 Å². The lowest BCUT2D eigenvalue weighted by atomic mass is 10.1. The van der Waals surface area contributed by atoms with E-state index in [1.807, 2.05) is 39.8 Å². The standard InChI is InChI=1S/C12H19NO.2C2H6/c1-6-12(13-11(5)14)8-7-10(4)9(2)3;2*1-2/h6-9H,1H2,2-5H3,(H,13,14);2*1-2H3/b10-7+,12-8+;;. The molecular weight excluding hydrogens is 222 g/mol. The van der Waals surface area contributed by atoms with E-state index in [0.29, 0.717) is 5.92 Å². The van der Waals surface area contributed by atoms with Crippen molar-refractivity contribution in [2.24, 2.45) is 5.92 Å². The van der Waals surface area contributed by atoms with Gasteiger partial charge in [-0.05, 0) is 25.0 Å². The van der Waals surface area contributed by atoms with Crippen molar-refractivity contribution >= 4 is 5.91 Å². The van der Waals surface area contributed by atoms with E-state index in [1.54, 1.807) is 6.08 Å². The third-order valence-electron chi connectivity index (χ3n) is 1.98. The summed E-state index contributed by atoms with van der Waals surface area (Å²) in [6.07, 6.45) is 5.49. The van der Waals surface area contributed by atoms with Crippen LogP contribution in [0.4, 0.5) is 0 Å². The highest BCUT2D eigenvalue weighted by Crippen LogP contribution is 2.08. The Labute approximate surface area is 114 Å². The molecule has 0 aliphatic carbocycles. The van der Waals surface area contributed by atoms with Crippen LogP contribution in [0.25, 0.3) is 0 Å². The van der Waals surface area contributed by atoms with Crippen LogP contribution in [0.5, 0.6) is 0 Å². The molecule has 0 aliphatic heterocycles. The molecule has 18 heavy (non-hydrogen) atoms. The lowest BCUT2D eigenvalue weighted by Gasteiger charge is -2.04. The molecule has 0 saturated heterocycles. The van der Waals surface area contributed by atoms with Gasteiger partial charge in [0.25, 0.3) is 0 Å². The van der Waals surface area contributed by atoms with Crippen LogP contribution < -0.4 is 5.32 Å². The number of allylic oxidation sites excluding steroid dienone is 4. The third-order valence-corrected chi connectivity index (χ3v) is 1.98. The van der Waals surface area contributed by atoms with Crippen LogP contribution in [0.2, 0.25) is 0 Å². The average molecular weight is 253 g/mol. The van der Waals surface area contributed by atoms with E-state index in [-0.39, 0.29) is 5.91 Å². The zero-order valence-electron chi connectivity index (χ0n) is 13.4. The van der Waals surface area contributed by atoms with Crippen molar-refractivity contribution in [3.63, 3.8) is 0 Å². The summed E-state index contributed by atoms with van der Waals surface area (Å²) in [6, 6.07) is 0. The number of hydrogen-bond acceptors (Lipinski definition) is 1. The van der Waals surface area contributed by atoms with Crippen molar-refractivity contribution in [2.75, 3.05) is 0 Å². The monoisotopic (exact) mass is 253 g/mol. The summed E-state index contributed by atoms with van der Waals surface area (Å²) in [7, 11) is 0. The molecule has 0 unspecified atom stereocenters. The summed E-state index contributed by atoms with van der Waals surface area (Å²) in [6.45, 7) is 19.4. The third kappa shape index (κ3) is 14.7. The molecule has 0 bridgehead atoms. The van der Waals surface area contributed by atoms with Gasteiger partial charge in [-0.25, -0.2) is 0 Å². The summed E-state index contributed by atoms with van der Waals surface area (Å²) in [5.41, 5.74) is 2.01. The van der Waals surface area contributed by atoms with Gasteiger partial charge in [-0.2, -0.15) is 0 Å². The maximum Gasteiger partial charge on any atom is 0.221 e. The number of rotatable bonds is 4.